The zero-order valence-electron chi connectivity index (χ0n) is 30.9. The Morgan fingerprint density at radius 1 is 0.407 bits per heavy atom. The van der Waals surface area contributed by atoms with Gasteiger partial charge in [-0.1, -0.05) is 0 Å². The summed E-state index contributed by atoms with van der Waals surface area (Å²) in [6.07, 6.45) is 5.13. The summed E-state index contributed by atoms with van der Waals surface area (Å²) in [5.74, 6) is 0. The van der Waals surface area contributed by atoms with Gasteiger partial charge in [0.2, 0.25) is 0 Å². The van der Waals surface area contributed by atoms with E-state index >= 15 is 0 Å². The number of hydrogen-bond donors (Lipinski definition) is 0. The molecule has 10 rings (SSSR count). The van der Waals surface area contributed by atoms with Gasteiger partial charge in [0.25, 0.3) is 0 Å². The quantitative estimate of drug-likeness (QED) is 0.124. The Balaban J connectivity index is 0.00000207. The van der Waals surface area contributed by atoms with Gasteiger partial charge in [-0.25, -0.2) is 0 Å². The average molecular weight is 831 g/mol. The summed E-state index contributed by atoms with van der Waals surface area (Å²) in [6.45, 7) is 10.1. The normalized spacial score (nSPS) is 15.5. The maximum atomic E-state index is 2.63. The molecule has 2 unspecified atom stereocenters. The average Bonchev–Trinajstić information content (AvgIpc) is 3.68. The molecule has 4 heteroatoms. The van der Waals surface area contributed by atoms with Gasteiger partial charge >= 0.3 is 316 Å². The van der Waals surface area contributed by atoms with Gasteiger partial charge in [0.05, 0.1) is 0 Å². The Bertz CT molecular complexity index is 2720. The van der Waals surface area contributed by atoms with Crippen LogP contribution in [0.3, 0.4) is 0 Å². The van der Waals surface area contributed by atoms with E-state index in [4.69, 9.17) is 0 Å². The van der Waals surface area contributed by atoms with Crippen molar-refractivity contribution in [2.24, 2.45) is 0 Å². The summed E-state index contributed by atoms with van der Waals surface area (Å²) in [7, 11) is 0. The fraction of sp³-hybridized carbons (Fsp3) is 0.120. The van der Waals surface area contributed by atoms with Gasteiger partial charge in [-0.3, -0.25) is 0 Å². The van der Waals surface area contributed by atoms with Crippen molar-refractivity contribution in [2.75, 3.05) is 0 Å². The number of allylic oxidation sites excluding steroid dienone is 2. The topological polar surface area (TPSA) is 0 Å². The van der Waals surface area contributed by atoms with Crippen LogP contribution in [0, 0.1) is 0 Å². The second-order valence-corrected chi connectivity index (χ2v) is 33.1. The fourth-order valence-electron chi connectivity index (χ4n) is 9.39. The fourth-order valence-corrected chi connectivity index (χ4v) is 30.1. The number of rotatable bonds is 4. The van der Waals surface area contributed by atoms with E-state index in [-0.39, 0.29) is 24.8 Å². The van der Waals surface area contributed by atoms with Crippen molar-refractivity contribution in [3.05, 3.63) is 179 Å². The Kier molecular flexibility index (Phi) is 9.95. The molecule has 0 radical (unpaired) electrons. The molecule has 0 amide bonds. The second-order valence-electron chi connectivity index (χ2n) is 15.2. The molecule has 2 atom stereocenters. The molecule has 0 spiro atoms. The van der Waals surface area contributed by atoms with E-state index in [0.29, 0.717) is 7.25 Å². The van der Waals surface area contributed by atoms with Crippen LogP contribution in [0.2, 0.25) is 13.1 Å². The van der Waals surface area contributed by atoms with Crippen molar-refractivity contribution >= 4 is 60.7 Å². The van der Waals surface area contributed by atoms with Crippen LogP contribution in [0.1, 0.15) is 43.4 Å². The molecule has 0 saturated carbocycles. The number of hydrogen-bond acceptors (Lipinski definition) is 0. The van der Waals surface area contributed by atoms with E-state index in [0.717, 1.165) is 0 Å². The van der Waals surface area contributed by atoms with E-state index < -0.39 is 25.8 Å². The van der Waals surface area contributed by atoms with Crippen molar-refractivity contribution in [1.82, 2.24) is 0 Å². The molecular formula is C50H40Cl2SiZr. The Labute approximate surface area is 338 Å². The van der Waals surface area contributed by atoms with Crippen LogP contribution in [0.15, 0.2) is 157 Å². The molecule has 0 aliphatic heterocycles. The van der Waals surface area contributed by atoms with Crippen molar-refractivity contribution < 1.29 is 45.2 Å². The summed E-state index contributed by atoms with van der Waals surface area (Å²) < 4.78 is 1.20. The molecule has 2 aliphatic rings. The minimum Gasteiger partial charge on any atom is -1.00 e. The van der Waals surface area contributed by atoms with Gasteiger partial charge in [0.1, 0.15) is 0 Å². The van der Waals surface area contributed by atoms with Gasteiger partial charge in [0.15, 0.2) is 0 Å². The third kappa shape index (κ3) is 6.07. The Hall–Kier alpha value is -4.04. The first-order chi connectivity index (χ1) is 25.4. The van der Waals surface area contributed by atoms with Crippen molar-refractivity contribution in [3.8, 4) is 22.3 Å². The summed E-state index contributed by atoms with van der Waals surface area (Å²) >= 11 is -2.21. The predicted octanol–water partition coefficient (Wildman–Crippen LogP) is 8.13. The zero-order chi connectivity index (χ0) is 35.1. The van der Waals surface area contributed by atoms with E-state index in [2.05, 4.69) is 185 Å². The molecule has 0 saturated heterocycles. The van der Waals surface area contributed by atoms with Gasteiger partial charge in [0, 0.05) is 0 Å². The van der Waals surface area contributed by atoms with Crippen molar-refractivity contribution in [2.45, 2.75) is 34.2 Å². The van der Waals surface area contributed by atoms with Gasteiger partial charge < -0.3 is 24.8 Å². The first-order valence-corrected chi connectivity index (χ1v) is 27.6. The standard InChI is InChI=1S/2C24H17.C2H6Si.2ClH.Zr/c2*1-16-11-20-7-4-8-23(24(20)12-16)21-10-9-19-13-17-5-2-3-6-18(17)14-22(19)15-21;1-3-2;;;/h2*2-15H,1H3;1-2H3;2*1H;/q;;;;;+2/p-2. The van der Waals surface area contributed by atoms with Crippen LogP contribution < -0.4 is 24.8 Å². The molecule has 2 aliphatic carbocycles. The summed E-state index contributed by atoms with van der Waals surface area (Å²) in [5, 5.41) is 10.4. The minimum absolute atomic E-state index is 0. The van der Waals surface area contributed by atoms with E-state index in [1.54, 1.807) is 22.3 Å². The smallest absolute Gasteiger partial charge is 1.00 e. The molecular weight excluding hydrogens is 791 g/mol. The number of benzene rings is 8. The first kappa shape index (κ1) is 36.9. The van der Waals surface area contributed by atoms with Gasteiger partial charge in [-0.05, 0) is 0 Å². The Morgan fingerprint density at radius 2 is 0.778 bits per heavy atom. The third-order valence-corrected chi connectivity index (χ3v) is 31.7. The monoisotopic (exact) mass is 828 g/mol. The molecule has 0 nitrogen and oxygen atoms in total. The summed E-state index contributed by atoms with van der Waals surface area (Å²) in [5.41, 5.74) is 14.2. The molecule has 262 valence electrons. The molecule has 0 N–H and O–H groups in total. The van der Waals surface area contributed by atoms with Crippen LogP contribution in [0.4, 0.5) is 0 Å². The van der Waals surface area contributed by atoms with Crippen LogP contribution in [0.25, 0.3) is 77.5 Å². The van der Waals surface area contributed by atoms with E-state index in [1.807, 2.05) is 0 Å². The molecule has 0 aromatic heterocycles. The first-order valence-electron chi connectivity index (χ1n) is 18.6. The van der Waals surface area contributed by atoms with Crippen molar-refractivity contribution in [3.63, 3.8) is 0 Å². The Morgan fingerprint density at radius 3 is 1.17 bits per heavy atom. The van der Waals surface area contributed by atoms with Crippen LogP contribution >= 0.6 is 0 Å². The molecule has 54 heavy (non-hydrogen) atoms. The summed E-state index contributed by atoms with van der Waals surface area (Å²) in [4.78, 5) is 0. The SMILES string of the molecule is CC1=Cc2c(-c3ccc4cc5ccccc5cc4c3)cccc2[CH]1[Zr+2]([CH]1C(C)=Cc2c(-c3ccc4cc5ccccc5cc4c3)cccc21)=[Si](C)C.[Cl-].[Cl-]. The van der Waals surface area contributed by atoms with Crippen LogP contribution in [-0.4, -0.2) is 5.43 Å². The second kappa shape index (κ2) is 14.6. The van der Waals surface area contributed by atoms with E-state index in [1.165, 1.54) is 76.5 Å². The van der Waals surface area contributed by atoms with Crippen molar-refractivity contribution in [1.29, 1.82) is 0 Å². The predicted molar refractivity (Wildman–Crippen MR) is 224 cm³/mol. The van der Waals surface area contributed by atoms with Crippen LogP contribution in [0.5, 0.6) is 0 Å². The molecule has 0 fully saturated rings. The zero-order valence-corrected chi connectivity index (χ0v) is 35.9. The van der Waals surface area contributed by atoms with E-state index in [9.17, 15) is 0 Å². The van der Waals surface area contributed by atoms with Gasteiger partial charge in [-0.15, -0.1) is 0 Å². The van der Waals surface area contributed by atoms with Gasteiger partial charge in [-0.2, -0.15) is 0 Å². The maximum absolute atomic E-state index is 2.63. The maximum Gasteiger partial charge on any atom is -1.00 e. The number of halogens is 2. The summed E-state index contributed by atoms with van der Waals surface area (Å²) in [6, 6.07) is 55.3. The molecule has 0 heterocycles. The molecule has 0 bridgehead atoms. The third-order valence-electron chi connectivity index (χ3n) is 11.8. The van der Waals surface area contributed by atoms with Crippen LogP contribution in [-0.2, 0) is 20.4 Å². The largest absolute Gasteiger partial charge is 1.00 e. The number of fused-ring (bicyclic) bond motifs is 6. The minimum atomic E-state index is -2.21. The molecule has 8 aromatic carbocycles. The molecule has 8 aromatic rings.